The minimum Gasteiger partial charge on any atom is -0.368 e. The molecule has 1 aliphatic rings. The van der Waals surface area contributed by atoms with Gasteiger partial charge in [0.2, 0.25) is 5.95 Å². The average Bonchev–Trinajstić information content (AvgIpc) is 2.24. The molecule has 1 aromatic heterocycles. The molecule has 0 radical (unpaired) electrons. The Bertz CT molecular complexity index is 370. The Labute approximate surface area is 93.9 Å². The van der Waals surface area contributed by atoms with E-state index in [1.807, 2.05) is 0 Å². The number of hydrogen-bond acceptors (Lipinski definition) is 5. The van der Waals surface area contributed by atoms with Crippen molar-refractivity contribution in [3.8, 4) is 0 Å². The second-order valence-electron chi connectivity index (χ2n) is 4.17. The molecule has 1 atom stereocenters. The molecule has 16 heavy (non-hydrogen) atoms. The van der Waals surface area contributed by atoms with E-state index in [2.05, 4.69) is 27.2 Å². The van der Waals surface area contributed by atoms with E-state index in [9.17, 15) is 4.39 Å². The van der Waals surface area contributed by atoms with Crippen LogP contribution in [0.3, 0.4) is 0 Å². The van der Waals surface area contributed by atoms with Gasteiger partial charge in [-0.15, -0.1) is 0 Å². The third-order valence-corrected chi connectivity index (χ3v) is 2.73. The van der Waals surface area contributed by atoms with Crippen LogP contribution in [-0.2, 0) is 0 Å². The van der Waals surface area contributed by atoms with Gasteiger partial charge in [0.05, 0.1) is 6.20 Å². The van der Waals surface area contributed by atoms with Gasteiger partial charge in [0.15, 0.2) is 11.6 Å². The lowest BCUT2D eigenvalue weighted by atomic mass is 10.1. The molecule has 1 saturated heterocycles. The molecule has 1 unspecified atom stereocenters. The van der Waals surface area contributed by atoms with Crippen molar-refractivity contribution in [3.05, 3.63) is 12.0 Å². The maximum absolute atomic E-state index is 13.4. The van der Waals surface area contributed by atoms with Crippen molar-refractivity contribution in [2.45, 2.75) is 18.9 Å². The van der Waals surface area contributed by atoms with Crippen LogP contribution in [0.4, 0.5) is 16.2 Å². The molecular weight excluding hydrogens is 209 g/mol. The Balaban J connectivity index is 2.05. The first-order valence-electron chi connectivity index (χ1n) is 5.38. The fraction of sp³-hybridized carbons (Fsp3) is 0.600. The molecule has 0 bridgehead atoms. The minimum atomic E-state index is -0.456. The average molecular weight is 225 g/mol. The van der Waals surface area contributed by atoms with Gasteiger partial charge in [0.25, 0.3) is 0 Å². The molecule has 0 aromatic carbocycles. The topological polar surface area (TPSA) is 67.1 Å². The molecule has 2 rings (SSSR count). The molecule has 1 aliphatic heterocycles. The summed E-state index contributed by atoms with van der Waals surface area (Å²) < 4.78 is 13.4. The first-order chi connectivity index (χ1) is 7.65. The van der Waals surface area contributed by atoms with Crippen molar-refractivity contribution in [1.82, 2.24) is 14.9 Å². The Morgan fingerprint density at radius 3 is 3.19 bits per heavy atom. The number of halogens is 1. The number of rotatable bonds is 2. The fourth-order valence-electron chi connectivity index (χ4n) is 1.96. The maximum atomic E-state index is 13.4. The Morgan fingerprint density at radius 1 is 1.62 bits per heavy atom. The Hall–Kier alpha value is -1.43. The lowest BCUT2D eigenvalue weighted by molar-refractivity contribution is 0.260. The van der Waals surface area contributed by atoms with E-state index in [0.717, 1.165) is 32.1 Å². The highest BCUT2D eigenvalue weighted by Crippen LogP contribution is 2.16. The molecule has 3 N–H and O–H groups in total. The van der Waals surface area contributed by atoms with Gasteiger partial charge < -0.3 is 16.0 Å². The summed E-state index contributed by atoms with van der Waals surface area (Å²) in [4.78, 5) is 9.65. The van der Waals surface area contributed by atoms with Crippen molar-refractivity contribution in [3.63, 3.8) is 0 Å². The SMILES string of the molecule is CN1CCCC(Nc2nc(N)ncc2F)C1. The molecule has 1 aromatic rings. The van der Waals surface area contributed by atoms with Gasteiger partial charge in [-0.05, 0) is 26.4 Å². The van der Waals surface area contributed by atoms with Crippen LogP contribution in [0.25, 0.3) is 0 Å². The molecule has 5 nitrogen and oxygen atoms in total. The standard InChI is InChI=1S/C10H16FN5/c1-16-4-2-3-7(6-16)14-9-8(11)5-13-10(12)15-9/h5,7H,2-4,6H2,1H3,(H3,12,13,14,15). The molecule has 0 saturated carbocycles. The van der Waals surface area contributed by atoms with Gasteiger partial charge in [0.1, 0.15) is 0 Å². The number of aromatic nitrogens is 2. The van der Waals surface area contributed by atoms with E-state index in [1.165, 1.54) is 0 Å². The number of nitrogen functional groups attached to an aromatic ring is 1. The minimum absolute atomic E-state index is 0.0908. The number of hydrogen-bond donors (Lipinski definition) is 2. The second-order valence-corrected chi connectivity index (χ2v) is 4.17. The largest absolute Gasteiger partial charge is 0.368 e. The summed E-state index contributed by atoms with van der Waals surface area (Å²) >= 11 is 0. The molecule has 0 spiro atoms. The van der Waals surface area contributed by atoms with Crippen molar-refractivity contribution >= 4 is 11.8 Å². The summed E-state index contributed by atoms with van der Waals surface area (Å²) in [5, 5.41) is 3.07. The van der Waals surface area contributed by atoms with Crippen LogP contribution < -0.4 is 11.1 Å². The molecule has 0 aliphatic carbocycles. The van der Waals surface area contributed by atoms with E-state index < -0.39 is 5.82 Å². The van der Waals surface area contributed by atoms with Crippen LogP contribution in [0.5, 0.6) is 0 Å². The number of piperidine rings is 1. The van der Waals surface area contributed by atoms with E-state index in [1.54, 1.807) is 0 Å². The molecular formula is C10H16FN5. The highest BCUT2D eigenvalue weighted by atomic mass is 19.1. The molecule has 2 heterocycles. The monoisotopic (exact) mass is 225 g/mol. The normalized spacial score (nSPS) is 22.0. The second kappa shape index (κ2) is 4.61. The Morgan fingerprint density at radius 2 is 2.44 bits per heavy atom. The first kappa shape index (κ1) is 11.1. The predicted octanol–water partition coefficient (Wildman–Crippen LogP) is 0.704. The Kier molecular flexibility index (Phi) is 3.19. The van der Waals surface area contributed by atoms with Gasteiger partial charge in [-0.25, -0.2) is 9.37 Å². The highest BCUT2D eigenvalue weighted by molar-refractivity contribution is 5.40. The van der Waals surface area contributed by atoms with Gasteiger partial charge in [-0.2, -0.15) is 4.98 Å². The summed E-state index contributed by atoms with van der Waals surface area (Å²) in [5.74, 6) is -0.164. The van der Waals surface area contributed by atoms with Gasteiger partial charge >= 0.3 is 0 Å². The highest BCUT2D eigenvalue weighted by Gasteiger charge is 2.18. The number of nitrogens with zero attached hydrogens (tertiary/aromatic N) is 3. The smallest absolute Gasteiger partial charge is 0.222 e. The molecule has 1 fully saturated rings. The van der Waals surface area contributed by atoms with Crippen LogP contribution >= 0.6 is 0 Å². The van der Waals surface area contributed by atoms with E-state index in [-0.39, 0.29) is 17.8 Å². The zero-order chi connectivity index (χ0) is 11.5. The summed E-state index contributed by atoms with van der Waals surface area (Å²) in [6, 6.07) is 0.225. The van der Waals surface area contributed by atoms with Crippen LogP contribution in [-0.4, -0.2) is 41.0 Å². The first-order valence-corrected chi connectivity index (χ1v) is 5.38. The third-order valence-electron chi connectivity index (χ3n) is 2.73. The summed E-state index contributed by atoms with van der Waals surface area (Å²) in [5.41, 5.74) is 5.42. The number of likely N-dealkylation sites (tertiary alicyclic amines) is 1. The van der Waals surface area contributed by atoms with Crippen LogP contribution in [0.2, 0.25) is 0 Å². The lowest BCUT2D eigenvalue weighted by Crippen LogP contribution is -2.40. The van der Waals surface area contributed by atoms with Gasteiger partial charge in [-0.1, -0.05) is 0 Å². The fourth-order valence-corrected chi connectivity index (χ4v) is 1.96. The third kappa shape index (κ3) is 2.57. The zero-order valence-corrected chi connectivity index (χ0v) is 9.28. The van der Waals surface area contributed by atoms with Crippen molar-refractivity contribution in [2.24, 2.45) is 0 Å². The molecule has 6 heteroatoms. The van der Waals surface area contributed by atoms with Crippen LogP contribution in [0.15, 0.2) is 6.20 Å². The number of nitrogens with two attached hydrogens (primary N) is 1. The van der Waals surface area contributed by atoms with Gasteiger partial charge in [0, 0.05) is 12.6 Å². The van der Waals surface area contributed by atoms with Crippen LogP contribution in [0.1, 0.15) is 12.8 Å². The zero-order valence-electron chi connectivity index (χ0n) is 9.28. The van der Waals surface area contributed by atoms with E-state index in [0.29, 0.717) is 0 Å². The van der Waals surface area contributed by atoms with E-state index in [4.69, 9.17) is 5.73 Å². The maximum Gasteiger partial charge on any atom is 0.222 e. The molecule has 88 valence electrons. The number of likely N-dealkylation sites (N-methyl/N-ethyl adjacent to an activating group) is 1. The summed E-state index contributed by atoms with van der Waals surface area (Å²) in [6.45, 7) is 1.98. The summed E-state index contributed by atoms with van der Waals surface area (Å²) in [6.07, 6.45) is 3.22. The van der Waals surface area contributed by atoms with E-state index >= 15 is 0 Å². The number of nitrogens with one attached hydrogen (secondary N) is 1. The number of anilines is 2. The van der Waals surface area contributed by atoms with Gasteiger partial charge in [-0.3, -0.25) is 0 Å². The van der Waals surface area contributed by atoms with Crippen molar-refractivity contribution in [1.29, 1.82) is 0 Å². The quantitative estimate of drug-likeness (QED) is 0.775. The molecule has 0 amide bonds. The summed E-state index contributed by atoms with van der Waals surface area (Å²) in [7, 11) is 2.05. The van der Waals surface area contributed by atoms with Crippen LogP contribution in [0, 0.1) is 5.82 Å². The lowest BCUT2D eigenvalue weighted by Gasteiger charge is -2.30. The van der Waals surface area contributed by atoms with Crippen molar-refractivity contribution in [2.75, 3.05) is 31.2 Å². The predicted molar refractivity (Wildman–Crippen MR) is 60.5 cm³/mol. The van der Waals surface area contributed by atoms with Crippen molar-refractivity contribution < 1.29 is 4.39 Å².